The number of benzene rings is 1. The number of hydrogen-bond donors (Lipinski definition) is 1. The van der Waals surface area contributed by atoms with Crippen LogP contribution in [-0.2, 0) is 6.42 Å². The normalized spacial score (nSPS) is 13.4. The van der Waals surface area contributed by atoms with Crippen LogP contribution >= 0.6 is 22.7 Å². The molecule has 0 aliphatic carbocycles. The van der Waals surface area contributed by atoms with Crippen molar-refractivity contribution in [3.8, 4) is 10.8 Å². The van der Waals surface area contributed by atoms with Crippen molar-refractivity contribution in [2.75, 3.05) is 0 Å². The van der Waals surface area contributed by atoms with E-state index in [2.05, 4.69) is 71.1 Å². The highest BCUT2D eigenvalue weighted by atomic mass is 32.1. The molecule has 0 aliphatic rings. The molecule has 0 saturated heterocycles. The largest absolute Gasteiger partial charge is 0.418 e. The molecule has 0 saturated carbocycles. The first-order valence-corrected chi connectivity index (χ1v) is 11.8. The summed E-state index contributed by atoms with van der Waals surface area (Å²) in [7, 11) is 0. The zero-order valence-electron chi connectivity index (χ0n) is 16.7. The third-order valence-electron chi connectivity index (χ3n) is 4.92. The highest BCUT2D eigenvalue weighted by Gasteiger charge is 2.22. The molecule has 1 N–H and O–H groups in total. The average molecular weight is 424 g/mol. The van der Waals surface area contributed by atoms with Crippen molar-refractivity contribution in [2.24, 2.45) is 0 Å². The smallest absolute Gasteiger partial charge is 0.257 e. The summed E-state index contributed by atoms with van der Waals surface area (Å²) in [6, 6.07) is 17.2. The van der Waals surface area contributed by atoms with E-state index in [0.717, 1.165) is 11.3 Å². The van der Waals surface area contributed by atoms with Gasteiger partial charge in [-0.3, -0.25) is 5.32 Å². The number of thiophene rings is 2. The molecule has 0 bridgehead atoms. The topological polar surface area (TPSA) is 51.0 Å². The van der Waals surface area contributed by atoms with Gasteiger partial charge in [0, 0.05) is 4.88 Å². The maximum Gasteiger partial charge on any atom is 0.257 e. The van der Waals surface area contributed by atoms with Gasteiger partial charge in [-0.05, 0) is 53.8 Å². The van der Waals surface area contributed by atoms with Crippen LogP contribution in [0, 0.1) is 0 Å². The molecule has 3 aromatic heterocycles. The predicted octanol–water partition coefficient (Wildman–Crippen LogP) is 6.64. The van der Waals surface area contributed by atoms with Crippen LogP contribution in [0.3, 0.4) is 0 Å². The van der Waals surface area contributed by atoms with E-state index in [9.17, 15) is 0 Å². The van der Waals surface area contributed by atoms with Crippen LogP contribution < -0.4 is 5.32 Å². The molecule has 2 atom stereocenters. The van der Waals surface area contributed by atoms with Gasteiger partial charge in [-0.25, -0.2) is 0 Å². The SMILES string of the molecule is CCCCc1ccc([C@H](N[C@@H](C)c2nnc(-c3cccs3)o2)c2cccs2)cc1. The van der Waals surface area contributed by atoms with Gasteiger partial charge in [0.05, 0.1) is 17.0 Å². The highest BCUT2D eigenvalue weighted by Crippen LogP contribution is 2.30. The fraction of sp³-hybridized carbons (Fsp3) is 0.304. The Morgan fingerprint density at radius 3 is 2.48 bits per heavy atom. The van der Waals surface area contributed by atoms with E-state index in [1.54, 1.807) is 22.7 Å². The summed E-state index contributed by atoms with van der Waals surface area (Å²) < 4.78 is 5.94. The molecule has 0 amide bonds. The molecule has 0 spiro atoms. The molecule has 4 rings (SSSR count). The molecule has 6 heteroatoms. The quantitative estimate of drug-likeness (QED) is 0.328. The number of nitrogens with zero attached hydrogens (tertiary/aromatic N) is 2. The minimum absolute atomic E-state index is 0.0666. The molecule has 0 radical (unpaired) electrons. The number of aryl methyl sites for hydroxylation is 1. The maximum atomic E-state index is 5.94. The Morgan fingerprint density at radius 1 is 1.00 bits per heavy atom. The van der Waals surface area contributed by atoms with Gasteiger partial charge < -0.3 is 4.42 Å². The van der Waals surface area contributed by atoms with Crippen molar-refractivity contribution >= 4 is 22.7 Å². The Bertz CT molecular complexity index is 991. The van der Waals surface area contributed by atoms with Crippen molar-refractivity contribution in [1.29, 1.82) is 0 Å². The zero-order chi connectivity index (χ0) is 20.1. The fourth-order valence-electron chi connectivity index (χ4n) is 3.29. The molecule has 4 nitrogen and oxygen atoms in total. The van der Waals surface area contributed by atoms with E-state index in [0.29, 0.717) is 11.8 Å². The van der Waals surface area contributed by atoms with Crippen LogP contribution in [0.15, 0.2) is 63.7 Å². The minimum Gasteiger partial charge on any atom is -0.418 e. The number of unbranched alkanes of at least 4 members (excludes halogenated alkanes) is 1. The first kappa shape index (κ1) is 20.0. The number of rotatable bonds is 9. The minimum atomic E-state index is -0.0666. The summed E-state index contributed by atoms with van der Waals surface area (Å²) in [5.41, 5.74) is 2.64. The average Bonchev–Trinajstić information content (AvgIpc) is 3.51. The first-order valence-electron chi connectivity index (χ1n) is 10.00. The number of hydrogen-bond acceptors (Lipinski definition) is 6. The Balaban J connectivity index is 1.53. The zero-order valence-corrected chi connectivity index (χ0v) is 18.3. The molecule has 150 valence electrons. The lowest BCUT2D eigenvalue weighted by molar-refractivity contribution is 0.405. The van der Waals surface area contributed by atoms with Gasteiger partial charge in [-0.2, -0.15) is 0 Å². The third kappa shape index (κ3) is 4.83. The van der Waals surface area contributed by atoms with Gasteiger partial charge in [0.25, 0.3) is 5.89 Å². The second-order valence-electron chi connectivity index (χ2n) is 7.10. The molecular formula is C23H25N3OS2. The van der Waals surface area contributed by atoms with E-state index in [4.69, 9.17) is 4.42 Å². The molecule has 0 aliphatic heterocycles. The van der Waals surface area contributed by atoms with E-state index in [-0.39, 0.29) is 12.1 Å². The molecule has 4 aromatic rings. The molecule has 0 fully saturated rings. The van der Waals surface area contributed by atoms with E-state index >= 15 is 0 Å². The molecule has 1 aromatic carbocycles. The van der Waals surface area contributed by atoms with Crippen molar-refractivity contribution in [2.45, 2.75) is 45.2 Å². The Kier molecular flexibility index (Phi) is 6.54. The summed E-state index contributed by atoms with van der Waals surface area (Å²) >= 11 is 3.36. The second-order valence-corrected chi connectivity index (χ2v) is 9.03. The van der Waals surface area contributed by atoms with Crippen LogP contribution in [0.4, 0.5) is 0 Å². The summed E-state index contributed by atoms with van der Waals surface area (Å²) in [4.78, 5) is 2.27. The lowest BCUT2D eigenvalue weighted by Crippen LogP contribution is -2.25. The fourth-order valence-corrected chi connectivity index (χ4v) is 4.74. The lowest BCUT2D eigenvalue weighted by Gasteiger charge is -2.21. The van der Waals surface area contributed by atoms with Crippen molar-refractivity contribution in [1.82, 2.24) is 15.5 Å². The Labute approximate surface area is 179 Å². The highest BCUT2D eigenvalue weighted by molar-refractivity contribution is 7.13. The summed E-state index contributed by atoms with van der Waals surface area (Å²) in [6.45, 7) is 4.30. The molecular weight excluding hydrogens is 398 g/mol. The van der Waals surface area contributed by atoms with Gasteiger partial charge >= 0.3 is 0 Å². The second kappa shape index (κ2) is 9.48. The molecule has 0 unspecified atom stereocenters. The van der Waals surface area contributed by atoms with E-state index < -0.39 is 0 Å². The Hall–Kier alpha value is -2.28. The van der Waals surface area contributed by atoms with Crippen molar-refractivity contribution < 1.29 is 4.42 Å². The van der Waals surface area contributed by atoms with Gasteiger partial charge in [0.2, 0.25) is 5.89 Å². The Morgan fingerprint density at radius 2 is 1.79 bits per heavy atom. The van der Waals surface area contributed by atoms with Crippen molar-refractivity contribution in [3.63, 3.8) is 0 Å². The first-order chi connectivity index (χ1) is 14.2. The number of aromatic nitrogens is 2. The maximum absolute atomic E-state index is 5.94. The van der Waals surface area contributed by atoms with Gasteiger partial charge in [0.1, 0.15) is 0 Å². The summed E-state index contributed by atoms with van der Waals surface area (Å²) in [5, 5.41) is 16.3. The van der Waals surface area contributed by atoms with Crippen LogP contribution in [-0.4, -0.2) is 10.2 Å². The molecule has 29 heavy (non-hydrogen) atoms. The third-order valence-corrected chi connectivity index (χ3v) is 6.71. The van der Waals surface area contributed by atoms with Gasteiger partial charge in [-0.15, -0.1) is 32.9 Å². The monoisotopic (exact) mass is 423 g/mol. The summed E-state index contributed by atoms with van der Waals surface area (Å²) in [5.74, 6) is 1.19. The molecule has 3 heterocycles. The standard InChI is InChI=1S/C23H25N3OS2/c1-3-4-7-17-10-12-18(13-11-17)21(19-8-5-14-28-19)24-16(2)22-25-26-23(27-22)20-9-6-15-29-20/h5-6,8-16,21,24H,3-4,7H2,1-2H3/t16-,21-/m0/s1. The van der Waals surface area contributed by atoms with Gasteiger partial charge in [0.15, 0.2) is 0 Å². The lowest BCUT2D eigenvalue weighted by atomic mass is 10.0. The van der Waals surface area contributed by atoms with Crippen LogP contribution in [0.1, 0.15) is 60.7 Å². The van der Waals surface area contributed by atoms with E-state index in [1.165, 1.54) is 28.8 Å². The van der Waals surface area contributed by atoms with E-state index in [1.807, 2.05) is 17.5 Å². The van der Waals surface area contributed by atoms with Crippen LogP contribution in [0.2, 0.25) is 0 Å². The summed E-state index contributed by atoms with van der Waals surface area (Å²) in [6.07, 6.45) is 3.58. The number of nitrogens with one attached hydrogen (secondary N) is 1. The van der Waals surface area contributed by atoms with Crippen LogP contribution in [0.5, 0.6) is 0 Å². The predicted molar refractivity (Wildman–Crippen MR) is 120 cm³/mol. The van der Waals surface area contributed by atoms with Crippen LogP contribution in [0.25, 0.3) is 10.8 Å². The van der Waals surface area contributed by atoms with Crippen molar-refractivity contribution in [3.05, 3.63) is 81.2 Å². The van der Waals surface area contributed by atoms with Gasteiger partial charge in [-0.1, -0.05) is 49.7 Å².